The summed E-state index contributed by atoms with van der Waals surface area (Å²) in [6, 6.07) is 0. The molecule has 2 N–H and O–H groups in total. The number of nitrogens with zero attached hydrogens (tertiary/aromatic N) is 2. The lowest BCUT2D eigenvalue weighted by molar-refractivity contribution is 0.452. The van der Waals surface area contributed by atoms with E-state index in [9.17, 15) is 0 Å². The first-order valence-corrected chi connectivity index (χ1v) is 4.51. The van der Waals surface area contributed by atoms with Crippen molar-refractivity contribution in [3.8, 4) is 0 Å². The first kappa shape index (κ1) is 7.80. The molecule has 1 aliphatic rings. The highest BCUT2D eigenvalue weighted by atomic mass is 15.3. The fourth-order valence-corrected chi connectivity index (χ4v) is 1.92. The van der Waals surface area contributed by atoms with E-state index in [-0.39, 0.29) is 0 Å². The minimum atomic E-state index is 0.674. The van der Waals surface area contributed by atoms with Gasteiger partial charge in [-0.05, 0) is 37.3 Å². The summed E-state index contributed by atoms with van der Waals surface area (Å²) in [5, 5.41) is 4.24. The predicted octanol–water partition coefficient (Wildman–Crippen LogP) is 0.484. The average Bonchev–Trinajstić information content (AvgIpc) is 2.47. The monoisotopic (exact) mass is 165 g/mol. The second-order valence-electron chi connectivity index (χ2n) is 3.58. The molecule has 1 atom stereocenters. The van der Waals surface area contributed by atoms with Crippen LogP contribution in [0.4, 0.5) is 0 Å². The Labute approximate surface area is 72.6 Å². The lowest BCUT2D eigenvalue weighted by Gasteiger charge is -2.20. The second-order valence-corrected chi connectivity index (χ2v) is 3.58. The van der Waals surface area contributed by atoms with Crippen molar-refractivity contribution in [2.45, 2.75) is 19.3 Å². The van der Waals surface area contributed by atoms with Crippen LogP contribution in [0, 0.1) is 5.92 Å². The number of aromatic nitrogens is 2. The highest BCUT2D eigenvalue weighted by molar-refractivity contribution is 5.21. The zero-order chi connectivity index (χ0) is 8.55. The van der Waals surface area contributed by atoms with Crippen molar-refractivity contribution < 1.29 is 0 Å². The SMILES string of the molecule is Cn1ncc2c1C[C@@H](CN)CC2. The van der Waals surface area contributed by atoms with E-state index in [1.807, 2.05) is 17.9 Å². The van der Waals surface area contributed by atoms with Gasteiger partial charge < -0.3 is 5.73 Å². The van der Waals surface area contributed by atoms with Gasteiger partial charge in [0.2, 0.25) is 0 Å². The van der Waals surface area contributed by atoms with Gasteiger partial charge in [-0.2, -0.15) is 5.10 Å². The van der Waals surface area contributed by atoms with Crippen molar-refractivity contribution in [3.63, 3.8) is 0 Å². The van der Waals surface area contributed by atoms with Gasteiger partial charge in [-0.15, -0.1) is 0 Å². The Kier molecular flexibility index (Phi) is 1.89. The molecule has 3 heteroatoms. The standard InChI is InChI=1S/C9H15N3/c1-12-9-4-7(5-10)2-3-8(9)6-11-12/h6-7H,2-5,10H2,1H3/t7-/m0/s1. The van der Waals surface area contributed by atoms with Crippen LogP contribution in [0.3, 0.4) is 0 Å². The molecular weight excluding hydrogens is 150 g/mol. The Bertz CT molecular complexity index is 277. The van der Waals surface area contributed by atoms with Crippen LogP contribution >= 0.6 is 0 Å². The molecule has 0 unspecified atom stereocenters. The van der Waals surface area contributed by atoms with Gasteiger partial charge in [0.05, 0.1) is 6.20 Å². The third kappa shape index (κ3) is 1.14. The topological polar surface area (TPSA) is 43.8 Å². The lowest BCUT2D eigenvalue weighted by Crippen LogP contribution is -2.23. The molecule has 1 aromatic heterocycles. The first-order chi connectivity index (χ1) is 5.81. The minimum Gasteiger partial charge on any atom is -0.330 e. The van der Waals surface area contributed by atoms with Crippen LogP contribution in [0.1, 0.15) is 17.7 Å². The molecule has 1 aliphatic carbocycles. The maximum atomic E-state index is 5.65. The Morgan fingerprint density at radius 1 is 1.75 bits per heavy atom. The van der Waals surface area contributed by atoms with E-state index in [0.717, 1.165) is 19.4 Å². The zero-order valence-corrected chi connectivity index (χ0v) is 7.45. The summed E-state index contributed by atoms with van der Waals surface area (Å²) >= 11 is 0. The molecule has 0 fully saturated rings. The van der Waals surface area contributed by atoms with Crippen molar-refractivity contribution in [1.29, 1.82) is 0 Å². The van der Waals surface area contributed by atoms with Crippen LogP contribution in [-0.4, -0.2) is 16.3 Å². The van der Waals surface area contributed by atoms with Gasteiger partial charge >= 0.3 is 0 Å². The van der Waals surface area contributed by atoms with Crippen LogP contribution in [0.2, 0.25) is 0 Å². The summed E-state index contributed by atoms with van der Waals surface area (Å²) in [6.07, 6.45) is 5.49. The molecule has 0 radical (unpaired) electrons. The van der Waals surface area contributed by atoms with Crippen molar-refractivity contribution in [1.82, 2.24) is 9.78 Å². The van der Waals surface area contributed by atoms with E-state index in [0.29, 0.717) is 5.92 Å². The molecule has 1 heterocycles. The van der Waals surface area contributed by atoms with Gasteiger partial charge in [0.1, 0.15) is 0 Å². The van der Waals surface area contributed by atoms with Gasteiger partial charge in [-0.1, -0.05) is 0 Å². The Hall–Kier alpha value is -0.830. The first-order valence-electron chi connectivity index (χ1n) is 4.51. The van der Waals surface area contributed by atoms with Crippen LogP contribution in [0.5, 0.6) is 0 Å². The molecule has 2 rings (SSSR count). The molecule has 0 saturated heterocycles. The van der Waals surface area contributed by atoms with Gasteiger partial charge in [-0.3, -0.25) is 4.68 Å². The maximum Gasteiger partial charge on any atom is 0.0524 e. The highest BCUT2D eigenvalue weighted by Gasteiger charge is 2.20. The zero-order valence-electron chi connectivity index (χ0n) is 7.45. The van der Waals surface area contributed by atoms with Crippen LogP contribution in [0.25, 0.3) is 0 Å². The molecule has 0 aromatic carbocycles. The number of nitrogens with two attached hydrogens (primary N) is 1. The summed E-state index contributed by atoms with van der Waals surface area (Å²) in [6.45, 7) is 0.810. The molecule has 12 heavy (non-hydrogen) atoms. The minimum absolute atomic E-state index is 0.674. The summed E-state index contributed by atoms with van der Waals surface area (Å²) in [7, 11) is 2.01. The summed E-state index contributed by atoms with van der Waals surface area (Å²) in [4.78, 5) is 0. The van der Waals surface area contributed by atoms with Crippen molar-refractivity contribution in [2.75, 3.05) is 6.54 Å². The maximum absolute atomic E-state index is 5.65. The largest absolute Gasteiger partial charge is 0.330 e. The third-order valence-corrected chi connectivity index (χ3v) is 2.79. The molecule has 0 aliphatic heterocycles. The quantitative estimate of drug-likeness (QED) is 0.658. The average molecular weight is 165 g/mol. The molecule has 0 spiro atoms. The van der Waals surface area contributed by atoms with Gasteiger partial charge in [0, 0.05) is 12.7 Å². The van der Waals surface area contributed by atoms with Crippen LogP contribution in [0.15, 0.2) is 6.20 Å². The number of rotatable bonds is 1. The van der Waals surface area contributed by atoms with Crippen LogP contribution in [-0.2, 0) is 19.9 Å². The molecule has 0 bridgehead atoms. The molecular formula is C9H15N3. The molecule has 66 valence electrons. The van der Waals surface area contributed by atoms with E-state index in [2.05, 4.69) is 5.10 Å². The third-order valence-electron chi connectivity index (χ3n) is 2.79. The van der Waals surface area contributed by atoms with Crippen molar-refractivity contribution in [2.24, 2.45) is 18.7 Å². The molecule has 0 saturated carbocycles. The Balaban J connectivity index is 2.26. The predicted molar refractivity (Wildman–Crippen MR) is 47.8 cm³/mol. The Morgan fingerprint density at radius 3 is 3.33 bits per heavy atom. The number of fused-ring (bicyclic) bond motifs is 1. The molecule has 0 amide bonds. The molecule has 1 aromatic rings. The smallest absolute Gasteiger partial charge is 0.0524 e. The summed E-state index contributed by atoms with van der Waals surface area (Å²) in [5.41, 5.74) is 8.45. The summed E-state index contributed by atoms with van der Waals surface area (Å²) in [5.74, 6) is 0.674. The molecule has 3 nitrogen and oxygen atoms in total. The van der Waals surface area contributed by atoms with E-state index in [1.54, 1.807) is 0 Å². The van der Waals surface area contributed by atoms with E-state index >= 15 is 0 Å². The van der Waals surface area contributed by atoms with E-state index in [4.69, 9.17) is 5.73 Å². The fourth-order valence-electron chi connectivity index (χ4n) is 1.92. The van der Waals surface area contributed by atoms with Crippen LogP contribution < -0.4 is 5.73 Å². The highest BCUT2D eigenvalue weighted by Crippen LogP contribution is 2.23. The number of aryl methyl sites for hydroxylation is 2. The fraction of sp³-hybridized carbons (Fsp3) is 0.667. The van der Waals surface area contributed by atoms with Crippen molar-refractivity contribution >= 4 is 0 Å². The van der Waals surface area contributed by atoms with Gasteiger partial charge in [-0.25, -0.2) is 0 Å². The normalized spacial score (nSPS) is 22.3. The Morgan fingerprint density at radius 2 is 2.58 bits per heavy atom. The number of hydrogen-bond acceptors (Lipinski definition) is 2. The lowest BCUT2D eigenvalue weighted by atomic mass is 9.88. The van der Waals surface area contributed by atoms with E-state index < -0.39 is 0 Å². The van der Waals surface area contributed by atoms with Gasteiger partial charge in [0.25, 0.3) is 0 Å². The van der Waals surface area contributed by atoms with Crippen molar-refractivity contribution in [3.05, 3.63) is 17.5 Å². The summed E-state index contributed by atoms with van der Waals surface area (Å²) < 4.78 is 1.98. The van der Waals surface area contributed by atoms with E-state index in [1.165, 1.54) is 17.7 Å². The number of hydrogen-bond donors (Lipinski definition) is 1. The van der Waals surface area contributed by atoms with Gasteiger partial charge in [0.15, 0.2) is 0 Å². The second kappa shape index (κ2) is 2.90.